The highest BCUT2D eigenvalue weighted by Gasteiger charge is 2.33. The molecule has 1 aromatic rings. The maximum Gasteiger partial charge on any atom is 0.326 e. The topological polar surface area (TPSA) is 402 Å². The van der Waals surface area contributed by atoms with Crippen molar-refractivity contribution in [3.05, 3.63) is 29.8 Å². The Morgan fingerprint density at radius 1 is 0.493 bits per heavy atom. The number of likely N-dealkylation sites (tertiary alicyclic amines) is 2. The van der Waals surface area contributed by atoms with E-state index in [0.29, 0.717) is 36.9 Å². The number of benzene rings is 1. The number of aliphatic carboxylic acids is 6. The van der Waals surface area contributed by atoms with Gasteiger partial charge in [0.05, 0.1) is 0 Å². The SMILES string of the molecule is Nc1ccc(C(=O)NC(CCC(=O)N2CCC(C[C@H](NC(=O)N[C@@H](CCC(=O)O)C(=O)O)C(=O)O)CC2)CCC(=O)N2CCC(C[C@H](NC(=O)N[C@@H](CCC(=O)O)C(=O)O)C(=O)O)CC2)cc1. The minimum atomic E-state index is -1.55. The number of carboxylic acid groups (broad SMARTS) is 6. The Bertz CT molecular complexity index is 1840. The highest BCUT2D eigenvalue weighted by atomic mass is 16.4. The van der Waals surface area contributed by atoms with Gasteiger partial charge in [-0.2, -0.15) is 0 Å². The average Bonchev–Trinajstić information content (AvgIpc) is 3.26. The van der Waals surface area contributed by atoms with Crippen LogP contribution < -0.4 is 32.3 Å². The fourth-order valence-electron chi connectivity index (χ4n) is 7.82. The summed E-state index contributed by atoms with van der Waals surface area (Å²) in [6, 6.07) is -2.52. The van der Waals surface area contributed by atoms with Crippen LogP contribution in [0.2, 0.25) is 0 Å². The number of carboxylic acids is 6. The lowest BCUT2D eigenvalue weighted by molar-refractivity contribution is -0.142. The first-order chi connectivity index (χ1) is 31.6. The molecule has 0 aromatic heterocycles. The van der Waals surface area contributed by atoms with Crippen LogP contribution in [0.5, 0.6) is 0 Å². The molecule has 2 aliphatic heterocycles. The average molecular weight is 949 g/mol. The van der Waals surface area contributed by atoms with Gasteiger partial charge < -0.3 is 72.8 Å². The summed E-state index contributed by atoms with van der Waals surface area (Å²) in [4.78, 5) is 137. The highest BCUT2D eigenvalue weighted by molar-refractivity contribution is 5.95. The lowest BCUT2D eigenvalue weighted by atomic mass is 9.89. The number of nitrogens with zero attached hydrogens (tertiary/aromatic N) is 2. The van der Waals surface area contributed by atoms with Crippen LogP contribution in [-0.2, 0) is 38.4 Å². The van der Waals surface area contributed by atoms with Crippen LogP contribution >= 0.6 is 0 Å². The van der Waals surface area contributed by atoms with Gasteiger partial charge in [0.2, 0.25) is 11.8 Å². The Kier molecular flexibility index (Phi) is 21.6. The molecule has 370 valence electrons. The standard InChI is InChI=1S/C42H60N8O17/c43-26-3-1-25(2-4-26)36(57)44-27(5-9-32(51)49-17-13-23(14-18-49)21-30(39(62)63)47-41(66)45-28(37(58)59)7-11-34(53)54)6-10-33(52)50-19-15-24(16-20-50)22-31(40(64)65)48-42(67)46-29(38(60)61)8-12-35(55)56/h1-4,23-24,27-31H,5-22,43H2,(H,44,57)(H,53,54)(H,55,56)(H,58,59)(H,60,61)(H,62,63)(H,64,65)(H2,45,47,66)(H2,46,48,67)/t28-,29-,30-,31-/m0/s1. The van der Waals surface area contributed by atoms with Crippen LogP contribution in [0.3, 0.4) is 0 Å². The summed E-state index contributed by atoms with van der Waals surface area (Å²) in [6.45, 7) is 1.08. The van der Waals surface area contributed by atoms with Gasteiger partial charge in [-0.1, -0.05) is 0 Å². The van der Waals surface area contributed by atoms with Crippen molar-refractivity contribution in [2.45, 2.75) is 120 Å². The van der Waals surface area contributed by atoms with E-state index in [1.54, 1.807) is 21.9 Å². The second-order valence-electron chi connectivity index (χ2n) is 16.7. The molecule has 2 fully saturated rings. The van der Waals surface area contributed by atoms with Gasteiger partial charge in [0.15, 0.2) is 0 Å². The molecule has 2 heterocycles. The molecule has 67 heavy (non-hydrogen) atoms. The van der Waals surface area contributed by atoms with E-state index in [0.717, 1.165) is 0 Å². The highest BCUT2D eigenvalue weighted by Crippen LogP contribution is 2.25. The summed E-state index contributed by atoms with van der Waals surface area (Å²) < 4.78 is 0. The lowest BCUT2D eigenvalue weighted by Gasteiger charge is -2.34. The molecule has 25 nitrogen and oxygen atoms in total. The van der Waals surface area contributed by atoms with Crippen molar-refractivity contribution in [2.24, 2.45) is 11.8 Å². The second-order valence-corrected chi connectivity index (χ2v) is 16.7. The Balaban J connectivity index is 1.53. The normalized spacial score (nSPS) is 16.1. The summed E-state index contributed by atoms with van der Waals surface area (Å²) in [5, 5.41) is 67.4. The predicted octanol–water partition coefficient (Wildman–Crippen LogP) is 0.326. The fourth-order valence-corrected chi connectivity index (χ4v) is 7.82. The van der Waals surface area contributed by atoms with Crippen LogP contribution in [0.1, 0.15) is 100 Å². The molecular weight excluding hydrogens is 889 g/mol. The Hall–Kier alpha value is -7.21. The van der Waals surface area contributed by atoms with Crippen molar-refractivity contribution in [1.82, 2.24) is 36.4 Å². The van der Waals surface area contributed by atoms with Crippen molar-refractivity contribution in [1.29, 1.82) is 0 Å². The van der Waals surface area contributed by atoms with Crippen molar-refractivity contribution in [3.8, 4) is 0 Å². The molecule has 13 N–H and O–H groups in total. The van der Waals surface area contributed by atoms with Gasteiger partial charge in [0, 0.05) is 69.2 Å². The van der Waals surface area contributed by atoms with Gasteiger partial charge in [0.1, 0.15) is 24.2 Å². The van der Waals surface area contributed by atoms with Gasteiger partial charge in [-0.05, 0) is 100 Å². The molecular formula is C42H60N8O17. The van der Waals surface area contributed by atoms with Gasteiger partial charge in [-0.25, -0.2) is 28.8 Å². The molecule has 25 heteroatoms. The van der Waals surface area contributed by atoms with Gasteiger partial charge in [-0.15, -0.1) is 0 Å². The van der Waals surface area contributed by atoms with Crippen molar-refractivity contribution in [3.63, 3.8) is 0 Å². The second kappa shape index (κ2) is 26.7. The molecule has 0 saturated carbocycles. The van der Waals surface area contributed by atoms with Crippen LogP contribution in [-0.4, -0.2) is 162 Å². The maximum absolute atomic E-state index is 13.4. The van der Waals surface area contributed by atoms with E-state index in [9.17, 15) is 73.2 Å². The van der Waals surface area contributed by atoms with E-state index in [2.05, 4.69) is 26.6 Å². The molecule has 0 aliphatic carbocycles. The third kappa shape index (κ3) is 19.4. The number of piperidine rings is 2. The molecule has 7 amide bonds. The minimum absolute atomic E-state index is 0.000856. The van der Waals surface area contributed by atoms with Crippen LogP contribution in [0.15, 0.2) is 24.3 Å². The fraction of sp³-hybridized carbons (Fsp3) is 0.595. The predicted molar refractivity (Wildman–Crippen MR) is 231 cm³/mol. The lowest BCUT2D eigenvalue weighted by Crippen LogP contribution is -2.52. The number of nitrogens with one attached hydrogen (secondary N) is 5. The number of amides is 7. The molecule has 2 aliphatic rings. The van der Waals surface area contributed by atoms with Gasteiger partial charge in [-0.3, -0.25) is 24.0 Å². The summed E-state index contributed by atoms with van der Waals surface area (Å²) in [7, 11) is 0. The Morgan fingerprint density at radius 3 is 1.16 bits per heavy atom. The molecule has 0 bridgehead atoms. The maximum atomic E-state index is 13.4. The third-order valence-corrected chi connectivity index (χ3v) is 11.7. The molecule has 3 rings (SSSR count). The summed E-state index contributed by atoms with van der Waals surface area (Å²) in [5.74, 6) is -9.62. The number of rotatable bonds is 26. The number of carbonyl (C=O) groups excluding carboxylic acids is 5. The number of urea groups is 2. The zero-order valence-electron chi connectivity index (χ0n) is 36.7. The molecule has 0 spiro atoms. The largest absolute Gasteiger partial charge is 0.481 e. The number of hydrogen-bond donors (Lipinski definition) is 12. The number of nitrogens with two attached hydrogens (primary N) is 1. The summed E-state index contributed by atoms with van der Waals surface area (Å²) in [5.41, 5.74) is 6.52. The van der Waals surface area contributed by atoms with E-state index in [-0.39, 0.29) is 88.4 Å². The first kappa shape index (κ1) is 54.1. The number of hydrogen-bond acceptors (Lipinski definition) is 12. The van der Waals surface area contributed by atoms with E-state index < -0.39 is 110 Å². The van der Waals surface area contributed by atoms with E-state index in [1.807, 2.05) is 0 Å². The summed E-state index contributed by atoms with van der Waals surface area (Å²) >= 11 is 0. The smallest absolute Gasteiger partial charge is 0.326 e. The monoisotopic (exact) mass is 948 g/mol. The van der Waals surface area contributed by atoms with Crippen molar-refractivity contribution >= 4 is 71.3 Å². The van der Waals surface area contributed by atoms with Gasteiger partial charge >= 0.3 is 47.9 Å². The third-order valence-electron chi connectivity index (χ3n) is 11.7. The molecule has 4 atom stereocenters. The van der Waals surface area contributed by atoms with E-state index in [4.69, 9.17) is 15.9 Å². The quantitative estimate of drug-likeness (QED) is 0.0557. The first-order valence-electron chi connectivity index (χ1n) is 21.8. The van der Waals surface area contributed by atoms with Crippen molar-refractivity contribution < 1.29 is 83.4 Å². The van der Waals surface area contributed by atoms with Crippen LogP contribution in [0.4, 0.5) is 15.3 Å². The number of nitrogen functional groups attached to an aromatic ring is 1. The first-order valence-corrected chi connectivity index (χ1v) is 21.8. The number of anilines is 1. The Labute approximate surface area is 384 Å². The van der Waals surface area contributed by atoms with Crippen LogP contribution in [0.25, 0.3) is 0 Å². The van der Waals surface area contributed by atoms with E-state index >= 15 is 0 Å². The molecule has 1 aromatic carbocycles. The zero-order valence-corrected chi connectivity index (χ0v) is 36.7. The van der Waals surface area contributed by atoms with Crippen molar-refractivity contribution in [2.75, 3.05) is 31.9 Å². The molecule has 0 unspecified atom stereocenters. The summed E-state index contributed by atoms with van der Waals surface area (Å²) in [6.07, 6.45) is -0.0214. The van der Waals surface area contributed by atoms with Crippen LogP contribution in [0, 0.1) is 11.8 Å². The van der Waals surface area contributed by atoms with E-state index in [1.165, 1.54) is 12.1 Å². The Morgan fingerprint density at radius 2 is 0.836 bits per heavy atom. The van der Waals surface area contributed by atoms with Gasteiger partial charge in [0.25, 0.3) is 5.91 Å². The zero-order chi connectivity index (χ0) is 49.8. The minimum Gasteiger partial charge on any atom is -0.481 e. The number of carbonyl (C=O) groups is 11. The molecule has 0 radical (unpaired) electrons. The molecule has 2 saturated heterocycles.